The standard InChI is InChI=1S/C134H90N2S2/c1-131(2)117-44-21-14-37-101(117)106-70-66-98(81-123(106)131)135(95-60-51-84(52-61-95)83-29-8-5-9-30-83)96-64-55-86(56-65-96)92-75-112(129-115(76-92)110-42-19-26-49-127(110)137-129)90-58-69-109-114-74-89(59-72-122(114)134(126(109)78-90)120-47-24-17-39-103(120)104-40-18-25-48-121(104)134)88-32-28-31-87(73-88)85-53-62-97(63-54-85)136(99-67-71-107-102-38-15-22-45-118(102)132(3,4)124(107)82-99)100-79-113(130-116(80-100)111-43-20-27-50-128(111)138-130)91-57-68-108-105-41-16-23-46-119(105)133(125(108)77-91,93-33-10-6-11-34-93)94-35-12-7-13-36-94/h5-82H,1-4H3. The molecule has 0 aliphatic heterocycles. The fourth-order valence-electron chi connectivity index (χ4n) is 24.9. The zero-order valence-electron chi connectivity index (χ0n) is 76.7. The van der Waals surface area contributed by atoms with E-state index < -0.39 is 10.8 Å². The summed E-state index contributed by atoms with van der Waals surface area (Å²) in [6, 6.07) is 180. The number of nitrogens with zero attached hydrogens (tertiary/aromatic N) is 2. The lowest BCUT2D eigenvalue weighted by Gasteiger charge is -2.34. The van der Waals surface area contributed by atoms with E-state index in [-0.39, 0.29) is 10.8 Å². The SMILES string of the molecule is CC1(C)c2ccccc2-c2ccc(N(c3ccc(-c4ccccc4)cc3)c3ccc(-c4cc(-c5ccc6c(c5)C5(c7ccccc7-c7ccccc75)c5ccc(-c7cccc(-c8ccc(N(c9ccc%10c(c9)C(C)(C)c9ccccc9-%10)c9cc(-c%10ccc%11c(c%10)C(c%10ccccc%10)(c%10ccccc%10)c%10ccccc%10-%11)c%10sc%11ccccc%11c%10c9)cc8)c7)cc5-6)c5sc6ccccc6c5c4)cc3)cc21. The Bertz CT molecular complexity index is 8920. The van der Waals surface area contributed by atoms with Crippen LogP contribution in [0, 0.1) is 0 Å². The summed E-state index contributed by atoms with van der Waals surface area (Å²) in [4.78, 5) is 4.98. The monoisotopic (exact) mass is 1790 g/mol. The Labute approximate surface area is 812 Å². The van der Waals surface area contributed by atoms with Crippen molar-refractivity contribution < 1.29 is 0 Å². The third-order valence-electron chi connectivity index (χ3n) is 31.4. The van der Waals surface area contributed by atoms with Gasteiger partial charge in [0.15, 0.2) is 0 Å². The minimum Gasteiger partial charge on any atom is -0.310 e. The molecule has 1 spiro atoms. The number of thiophene rings is 2. The number of benzene rings is 21. The number of anilines is 6. The predicted molar refractivity (Wildman–Crippen MR) is 583 cm³/mol. The lowest BCUT2D eigenvalue weighted by molar-refractivity contribution is 0.660. The van der Waals surface area contributed by atoms with Crippen LogP contribution in [0.15, 0.2) is 473 Å². The van der Waals surface area contributed by atoms with Crippen molar-refractivity contribution in [1.29, 1.82) is 0 Å². The van der Waals surface area contributed by atoms with Crippen LogP contribution in [0.3, 0.4) is 0 Å². The topological polar surface area (TPSA) is 6.48 Å². The Hall–Kier alpha value is -16.3. The van der Waals surface area contributed by atoms with Crippen molar-refractivity contribution in [2.75, 3.05) is 9.80 Å². The Morgan fingerprint density at radius 1 is 0.159 bits per heavy atom. The molecule has 0 bridgehead atoms. The molecule has 5 aliphatic rings. The molecule has 0 saturated heterocycles. The first kappa shape index (κ1) is 80.1. The van der Waals surface area contributed by atoms with Gasteiger partial charge < -0.3 is 9.80 Å². The molecular formula is C134H90N2S2. The second kappa shape index (κ2) is 30.6. The summed E-state index contributed by atoms with van der Waals surface area (Å²) in [5, 5.41) is 5.04. The molecule has 21 aromatic carbocycles. The highest BCUT2D eigenvalue weighted by Gasteiger charge is 2.53. The van der Waals surface area contributed by atoms with Gasteiger partial charge in [-0.25, -0.2) is 0 Å². The fourth-order valence-corrected chi connectivity index (χ4v) is 27.4. The molecule has 28 rings (SSSR count). The van der Waals surface area contributed by atoms with Gasteiger partial charge in [-0.15, -0.1) is 22.7 Å². The first-order valence-electron chi connectivity index (χ1n) is 48.2. The molecule has 2 aromatic heterocycles. The third kappa shape index (κ3) is 11.8. The molecular weight excluding hydrogens is 1700 g/mol. The summed E-state index contributed by atoms with van der Waals surface area (Å²) in [6.07, 6.45) is 0. The van der Waals surface area contributed by atoms with Crippen LogP contribution in [0.2, 0.25) is 0 Å². The normalized spacial score (nSPS) is 14.0. The average molecular weight is 1790 g/mol. The lowest BCUT2D eigenvalue weighted by Crippen LogP contribution is -2.28. The molecule has 2 nitrogen and oxygen atoms in total. The van der Waals surface area contributed by atoms with Crippen molar-refractivity contribution in [3.05, 3.63) is 540 Å². The number of hydrogen-bond acceptors (Lipinski definition) is 4. The molecule has 23 aromatic rings. The van der Waals surface area contributed by atoms with Crippen molar-refractivity contribution in [2.24, 2.45) is 0 Å². The molecule has 0 fully saturated rings. The molecule has 2 heterocycles. The summed E-state index contributed by atoms with van der Waals surface area (Å²) >= 11 is 3.81. The van der Waals surface area contributed by atoms with Crippen LogP contribution < -0.4 is 9.80 Å². The maximum absolute atomic E-state index is 2.59. The highest BCUT2D eigenvalue weighted by atomic mass is 32.1. The van der Waals surface area contributed by atoms with Crippen molar-refractivity contribution in [1.82, 2.24) is 0 Å². The highest BCUT2D eigenvalue weighted by molar-refractivity contribution is 7.26. The summed E-state index contributed by atoms with van der Waals surface area (Å²) in [5.41, 5.74) is 47.9. The molecule has 0 saturated carbocycles. The van der Waals surface area contributed by atoms with Crippen LogP contribution in [0.1, 0.15) is 94.5 Å². The highest BCUT2D eigenvalue weighted by Crippen LogP contribution is 2.66. The van der Waals surface area contributed by atoms with Crippen LogP contribution in [-0.2, 0) is 21.7 Å². The van der Waals surface area contributed by atoms with Crippen LogP contribution in [0.5, 0.6) is 0 Å². The Morgan fingerprint density at radius 2 is 0.478 bits per heavy atom. The first-order valence-corrected chi connectivity index (χ1v) is 49.8. The van der Waals surface area contributed by atoms with Crippen LogP contribution >= 0.6 is 22.7 Å². The van der Waals surface area contributed by atoms with Crippen LogP contribution in [-0.4, -0.2) is 0 Å². The molecule has 0 N–H and O–H groups in total. The molecule has 0 unspecified atom stereocenters. The van der Waals surface area contributed by atoms with E-state index in [4.69, 9.17) is 0 Å². The summed E-state index contributed by atoms with van der Waals surface area (Å²) in [7, 11) is 0. The van der Waals surface area contributed by atoms with E-state index in [1.807, 2.05) is 22.7 Å². The molecule has 648 valence electrons. The smallest absolute Gasteiger partial charge is 0.0725 e. The van der Waals surface area contributed by atoms with Gasteiger partial charge >= 0.3 is 0 Å². The van der Waals surface area contributed by atoms with E-state index in [9.17, 15) is 0 Å². The summed E-state index contributed by atoms with van der Waals surface area (Å²) < 4.78 is 5.11. The first-order chi connectivity index (χ1) is 67.9. The molecule has 0 amide bonds. The van der Waals surface area contributed by atoms with E-state index in [2.05, 4.69) is 511 Å². The van der Waals surface area contributed by atoms with E-state index in [0.29, 0.717) is 0 Å². The average Bonchev–Trinajstić information content (AvgIpc) is 1.50. The van der Waals surface area contributed by atoms with Gasteiger partial charge in [0, 0.05) is 96.4 Å². The quantitative estimate of drug-likeness (QED) is 0.107. The van der Waals surface area contributed by atoms with Gasteiger partial charge in [-0.3, -0.25) is 0 Å². The van der Waals surface area contributed by atoms with E-state index in [1.54, 1.807) is 0 Å². The Balaban J connectivity index is 0.559. The van der Waals surface area contributed by atoms with E-state index in [0.717, 1.165) is 50.8 Å². The van der Waals surface area contributed by atoms with Crippen molar-refractivity contribution in [3.8, 4) is 122 Å². The van der Waals surface area contributed by atoms with Gasteiger partial charge in [-0.1, -0.05) is 380 Å². The van der Waals surface area contributed by atoms with Crippen molar-refractivity contribution >= 4 is 97.1 Å². The van der Waals surface area contributed by atoms with E-state index in [1.165, 1.54) is 213 Å². The summed E-state index contributed by atoms with van der Waals surface area (Å²) in [5.74, 6) is 0. The second-order valence-electron chi connectivity index (χ2n) is 39.2. The Kier molecular flexibility index (Phi) is 17.8. The lowest BCUT2D eigenvalue weighted by atomic mass is 9.67. The van der Waals surface area contributed by atoms with E-state index >= 15 is 0 Å². The Morgan fingerprint density at radius 3 is 0.993 bits per heavy atom. The zero-order chi connectivity index (χ0) is 91.4. The maximum Gasteiger partial charge on any atom is 0.0725 e. The van der Waals surface area contributed by atoms with Crippen LogP contribution in [0.4, 0.5) is 34.1 Å². The van der Waals surface area contributed by atoms with Crippen molar-refractivity contribution in [2.45, 2.75) is 49.4 Å². The second-order valence-corrected chi connectivity index (χ2v) is 41.3. The minimum absolute atomic E-state index is 0.163. The van der Waals surface area contributed by atoms with Gasteiger partial charge in [-0.05, 0) is 299 Å². The predicted octanol–water partition coefficient (Wildman–Crippen LogP) is 36.7. The summed E-state index contributed by atoms with van der Waals surface area (Å²) in [6.45, 7) is 9.55. The molecule has 4 heteroatoms. The zero-order valence-corrected chi connectivity index (χ0v) is 78.4. The molecule has 0 radical (unpaired) electrons. The molecule has 5 aliphatic carbocycles. The van der Waals surface area contributed by atoms with Gasteiger partial charge in [0.2, 0.25) is 0 Å². The van der Waals surface area contributed by atoms with Crippen LogP contribution in [0.25, 0.3) is 163 Å². The largest absolute Gasteiger partial charge is 0.310 e. The number of fused-ring (bicyclic) bond motifs is 25. The van der Waals surface area contributed by atoms with Gasteiger partial charge in [0.1, 0.15) is 0 Å². The van der Waals surface area contributed by atoms with Gasteiger partial charge in [0.05, 0.1) is 10.8 Å². The minimum atomic E-state index is -0.596. The number of rotatable bonds is 14. The fraction of sp³-hybridized carbons (Fsp3) is 0.0597. The maximum atomic E-state index is 2.59. The van der Waals surface area contributed by atoms with Gasteiger partial charge in [0.25, 0.3) is 0 Å². The van der Waals surface area contributed by atoms with Gasteiger partial charge in [-0.2, -0.15) is 0 Å². The molecule has 0 atom stereocenters. The third-order valence-corrected chi connectivity index (χ3v) is 33.8. The van der Waals surface area contributed by atoms with Crippen molar-refractivity contribution in [3.63, 3.8) is 0 Å². The molecule has 138 heavy (non-hydrogen) atoms. The number of hydrogen-bond donors (Lipinski definition) is 0.